The summed E-state index contributed by atoms with van der Waals surface area (Å²) < 4.78 is 0. The molecule has 7 nitrogen and oxygen atoms in total. The highest BCUT2D eigenvalue weighted by Gasteiger charge is 2.36. The van der Waals surface area contributed by atoms with Crippen LogP contribution in [0, 0.1) is 0 Å². The second-order valence-electron chi connectivity index (χ2n) is 7.35. The molecule has 0 aliphatic carbocycles. The summed E-state index contributed by atoms with van der Waals surface area (Å²) >= 11 is 0. The van der Waals surface area contributed by atoms with Crippen molar-refractivity contribution < 1.29 is 14.7 Å². The van der Waals surface area contributed by atoms with Crippen LogP contribution in [0.3, 0.4) is 0 Å². The average Bonchev–Trinajstić information content (AvgIpc) is 3.20. The van der Waals surface area contributed by atoms with Gasteiger partial charge in [-0.25, -0.2) is 0 Å². The van der Waals surface area contributed by atoms with E-state index in [4.69, 9.17) is 0 Å². The Morgan fingerprint density at radius 2 is 1.59 bits per heavy atom. The van der Waals surface area contributed by atoms with Crippen LogP contribution in [-0.2, 0) is 9.59 Å². The van der Waals surface area contributed by atoms with Gasteiger partial charge in [-0.2, -0.15) is 5.10 Å². The normalized spacial score (nSPS) is 19.3. The molecule has 0 bridgehead atoms. The van der Waals surface area contributed by atoms with Crippen LogP contribution in [0.4, 0.5) is 11.4 Å². The Labute approximate surface area is 169 Å². The first-order valence-electron chi connectivity index (χ1n) is 9.78. The number of para-hydroxylation sites is 1. The van der Waals surface area contributed by atoms with Crippen LogP contribution in [0.15, 0.2) is 59.7 Å². The Bertz CT molecular complexity index is 919. The summed E-state index contributed by atoms with van der Waals surface area (Å²) in [5.74, 6) is 0.141. The third kappa shape index (κ3) is 3.94. The molecular formula is C22H24N4O3. The molecule has 1 unspecified atom stereocenters. The van der Waals surface area contributed by atoms with Crippen molar-refractivity contribution in [3.63, 3.8) is 0 Å². The van der Waals surface area contributed by atoms with Crippen LogP contribution in [0.2, 0.25) is 0 Å². The highest BCUT2D eigenvalue weighted by molar-refractivity contribution is 6.40. The Balaban J connectivity index is 1.44. The van der Waals surface area contributed by atoms with Crippen LogP contribution in [-0.4, -0.2) is 59.6 Å². The fourth-order valence-corrected chi connectivity index (χ4v) is 3.79. The zero-order valence-electron chi connectivity index (χ0n) is 16.4. The van der Waals surface area contributed by atoms with Gasteiger partial charge >= 0.3 is 0 Å². The van der Waals surface area contributed by atoms with E-state index >= 15 is 0 Å². The van der Waals surface area contributed by atoms with E-state index in [1.165, 1.54) is 0 Å². The molecule has 7 heteroatoms. The zero-order chi connectivity index (χ0) is 20.4. The van der Waals surface area contributed by atoms with E-state index in [0.29, 0.717) is 38.3 Å². The topological polar surface area (TPSA) is 76.5 Å². The Kier molecular flexibility index (Phi) is 5.20. The fourth-order valence-electron chi connectivity index (χ4n) is 3.79. The number of aromatic hydroxyl groups is 1. The smallest absolute Gasteiger partial charge is 0.270 e. The monoisotopic (exact) mass is 392 g/mol. The van der Waals surface area contributed by atoms with E-state index in [1.807, 2.05) is 42.5 Å². The third-order valence-corrected chi connectivity index (χ3v) is 5.43. The van der Waals surface area contributed by atoms with Gasteiger partial charge in [0.25, 0.3) is 5.91 Å². The molecule has 1 saturated heterocycles. The molecule has 1 atom stereocenters. The molecule has 0 radical (unpaired) electrons. The van der Waals surface area contributed by atoms with Gasteiger partial charge < -0.3 is 14.9 Å². The van der Waals surface area contributed by atoms with Gasteiger partial charge in [-0.05, 0) is 43.3 Å². The molecule has 150 valence electrons. The Morgan fingerprint density at radius 1 is 0.931 bits per heavy atom. The quantitative estimate of drug-likeness (QED) is 0.864. The molecular weight excluding hydrogens is 368 g/mol. The van der Waals surface area contributed by atoms with Gasteiger partial charge in [-0.3, -0.25) is 14.6 Å². The van der Waals surface area contributed by atoms with E-state index in [1.54, 1.807) is 29.0 Å². The van der Waals surface area contributed by atoms with Gasteiger partial charge in [0.2, 0.25) is 0 Å². The molecule has 0 spiro atoms. The van der Waals surface area contributed by atoms with Crippen LogP contribution in [0.5, 0.6) is 5.75 Å². The van der Waals surface area contributed by atoms with E-state index < -0.39 is 6.04 Å². The maximum Gasteiger partial charge on any atom is 0.270 e. The first-order chi connectivity index (χ1) is 14.0. The lowest BCUT2D eigenvalue weighted by Gasteiger charge is -2.36. The molecule has 29 heavy (non-hydrogen) atoms. The largest absolute Gasteiger partial charge is 0.508 e. The zero-order valence-corrected chi connectivity index (χ0v) is 16.4. The molecule has 2 aromatic carbocycles. The van der Waals surface area contributed by atoms with Gasteiger partial charge in [0, 0.05) is 38.3 Å². The summed E-state index contributed by atoms with van der Waals surface area (Å²) in [5, 5.41) is 15.6. The van der Waals surface area contributed by atoms with Crippen molar-refractivity contribution in [1.29, 1.82) is 0 Å². The summed E-state index contributed by atoms with van der Waals surface area (Å²) in [6.07, 6.45) is 0.335. The molecule has 2 heterocycles. The van der Waals surface area contributed by atoms with Crippen molar-refractivity contribution >= 4 is 28.8 Å². The summed E-state index contributed by atoms with van der Waals surface area (Å²) in [5.41, 5.74) is 2.28. The molecule has 0 saturated carbocycles. The summed E-state index contributed by atoms with van der Waals surface area (Å²) in [6, 6.07) is 16.1. The van der Waals surface area contributed by atoms with E-state index in [2.05, 4.69) is 10.0 Å². The van der Waals surface area contributed by atoms with E-state index in [0.717, 1.165) is 11.4 Å². The lowest BCUT2D eigenvalue weighted by atomic mass is 10.1. The van der Waals surface area contributed by atoms with Gasteiger partial charge in [-0.1, -0.05) is 18.2 Å². The first kappa shape index (κ1) is 19.0. The number of phenolic OH excluding ortho intramolecular Hbond substituents is 1. The number of hydrogen-bond donors (Lipinski definition) is 1. The standard InChI is InChI=1S/C22H24N4O3/c1-16(27)21-15-20(23-26(21)18-5-3-2-4-6-18)22(29)25-13-11-24(12-14-25)17-7-9-19(28)10-8-17/h2-10,21,28H,11-15H2,1H3. The molecule has 2 aliphatic heterocycles. The molecule has 2 aliphatic rings. The number of hydrogen-bond acceptors (Lipinski definition) is 6. The maximum atomic E-state index is 13.0. The molecule has 1 fully saturated rings. The molecule has 2 aromatic rings. The van der Waals surface area contributed by atoms with Gasteiger partial charge in [0.1, 0.15) is 17.5 Å². The molecule has 0 aromatic heterocycles. The number of amides is 1. The van der Waals surface area contributed by atoms with Crippen LogP contribution < -0.4 is 9.91 Å². The fraction of sp³-hybridized carbons (Fsp3) is 0.318. The minimum Gasteiger partial charge on any atom is -0.508 e. The SMILES string of the molecule is CC(=O)C1CC(C(=O)N2CCN(c3ccc(O)cc3)CC2)=NN1c1ccccc1. The van der Waals surface area contributed by atoms with Gasteiger partial charge in [0.05, 0.1) is 5.69 Å². The number of ketones is 1. The number of carbonyl (C=O) groups excluding carboxylic acids is 2. The van der Waals surface area contributed by atoms with Gasteiger partial charge in [0.15, 0.2) is 5.78 Å². The van der Waals surface area contributed by atoms with E-state index in [-0.39, 0.29) is 17.4 Å². The molecule has 1 N–H and O–H groups in total. The number of anilines is 2. The predicted octanol–water partition coefficient (Wildman–Crippen LogP) is 2.26. The summed E-state index contributed by atoms with van der Waals surface area (Å²) in [6.45, 7) is 4.15. The van der Waals surface area contributed by atoms with Crippen LogP contribution in [0.1, 0.15) is 13.3 Å². The van der Waals surface area contributed by atoms with Crippen molar-refractivity contribution in [3.05, 3.63) is 54.6 Å². The third-order valence-electron chi connectivity index (χ3n) is 5.43. The average molecular weight is 392 g/mol. The Hall–Kier alpha value is -3.35. The highest BCUT2D eigenvalue weighted by atomic mass is 16.3. The Morgan fingerprint density at radius 3 is 2.21 bits per heavy atom. The number of carbonyl (C=O) groups is 2. The molecule has 4 rings (SSSR count). The van der Waals surface area contributed by atoms with Crippen molar-refractivity contribution in [3.8, 4) is 5.75 Å². The lowest BCUT2D eigenvalue weighted by Crippen LogP contribution is -2.50. The number of nitrogens with zero attached hydrogens (tertiary/aromatic N) is 4. The number of piperazine rings is 1. The van der Waals surface area contributed by atoms with Crippen molar-refractivity contribution in [2.45, 2.75) is 19.4 Å². The number of Topliss-reactive ketones (excluding diaryl/α,β-unsaturated/α-hetero) is 1. The summed E-state index contributed by atoms with van der Waals surface area (Å²) in [7, 11) is 0. The van der Waals surface area contributed by atoms with Crippen molar-refractivity contribution in [1.82, 2.24) is 4.90 Å². The minimum atomic E-state index is -0.436. The lowest BCUT2D eigenvalue weighted by molar-refractivity contribution is -0.124. The number of benzene rings is 2. The second-order valence-corrected chi connectivity index (χ2v) is 7.35. The van der Waals surface area contributed by atoms with Crippen molar-refractivity contribution in [2.75, 3.05) is 36.1 Å². The summed E-state index contributed by atoms with van der Waals surface area (Å²) in [4.78, 5) is 29.2. The minimum absolute atomic E-state index is 0.00227. The number of phenols is 1. The highest BCUT2D eigenvalue weighted by Crippen LogP contribution is 2.26. The number of rotatable bonds is 4. The predicted molar refractivity (Wildman–Crippen MR) is 112 cm³/mol. The molecule has 1 amide bonds. The van der Waals surface area contributed by atoms with Crippen LogP contribution >= 0.6 is 0 Å². The number of hydrazone groups is 1. The van der Waals surface area contributed by atoms with E-state index in [9.17, 15) is 14.7 Å². The first-order valence-corrected chi connectivity index (χ1v) is 9.78. The van der Waals surface area contributed by atoms with Crippen molar-refractivity contribution in [2.24, 2.45) is 5.10 Å². The van der Waals surface area contributed by atoms with Crippen LogP contribution in [0.25, 0.3) is 0 Å². The maximum absolute atomic E-state index is 13.0. The second kappa shape index (κ2) is 7.95. The van der Waals surface area contributed by atoms with Gasteiger partial charge in [-0.15, -0.1) is 0 Å².